The van der Waals surface area contributed by atoms with Gasteiger partial charge in [0.25, 0.3) is 0 Å². The SMILES string of the molecule is COC(=O)[C@@H](NS(=O)(=O)c1ccc(OC)cc1)C(C)C. The molecule has 1 aromatic rings. The van der Waals surface area contributed by atoms with Gasteiger partial charge in [0.1, 0.15) is 11.8 Å². The van der Waals surface area contributed by atoms with Crippen LogP contribution in [-0.4, -0.2) is 34.6 Å². The molecule has 112 valence electrons. The van der Waals surface area contributed by atoms with Gasteiger partial charge < -0.3 is 9.47 Å². The van der Waals surface area contributed by atoms with E-state index < -0.39 is 22.0 Å². The molecule has 0 fully saturated rings. The highest BCUT2D eigenvalue weighted by Crippen LogP contribution is 2.17. The second kappa shape index (κ2) is 6.71. The van der Waals surface area contributed by atoms with Crippen LogP contribution in [0.5, 0.6) is 5.75 Å². The number of sulfonamides is 1. The fraction of sp³-hybridized carbons (Fsp3) is 0.462. The van der Waals surface area contributed by atoms with Gasteiger partial charge in [0.15, 0.2) is 0 Å². The molecule has 0 saturated heterocycles. The normalized spacial score (nSPS) is 13.1. The Morgan fingerprint density at radius 1 is 1.15 bits per heavy atom. The van der Waals surface area contributed by atoms with E-state index in [-0.39, 0.29) is 10.8 Å². The number of carbonyl (C=O) groups excluding carboxylic acids is 1. The second-order valence-corrected chi connectivity index (χ2v) is 6.26. The lowest BCUT2D eigenvalue weighted by molar-refractivity contribution is -0.143. The summed E-state index contributed by atoms with van der Waals surface area (Å²) in [5.41, 5.74) is 0. The first-order chi connectivity index (χ1) is 9.31. The van der Waals surface area contributed by atoms with E-state index in [2.05, 4.69) is 9.46 Å². The van der Waals surface area contributed by atoms with Gasteiger partial charge in [0.2, 0.25) is 10.0 Å². The number of hydrogen-bond donors (Lipinski definition) is 1. The van der Waals surface area contributed by atoms with Crippen LogP contribution in [0.2, 0.25) is 0 Å². The van der Waals surface area contributed by atoms with Crippen molar-refractivity contribution in [1.29, 1.82) is 0 Å². The van der Waals surface area contributed by atoms with Crippen LogP contribution in [0.25, 0.3) is 0 Å². The zero-order valence-corrected chi connectivity index (χ0v) is 12.7. The molecule has 1 aromatic carbocycles. The van der Waals surface area contributed by atoms with Gasteiger partial charge in [-0.2, -0.15) is 4.72 Å². The maximum absolute atomic E-state index is 12.2. The van der Waals surface area contributed by atoms with Gasteiger partial charge in [-0.15, -0.1) is 0 Å². The number of nitrogens with one attached hydrogen (secondary N) is 1. The van der Waals surface area contributed by atoms with Crippen LogP contribution in [0, 0.1) is 5.92 Å². The number of benzene rings is 1. The minimum Gasteiger partial charge on any atom is -0.497 e. The van der Waals surface area contributed by atoms with Crippen molar-refractivity contribution in [2.45, 2.75) is 24.8 Å². The first kappa shape index (κ1) is 16.5. The van der Waals surface area contributed by atoms with Crippen molar-refractivity contribution in [3.8, 4) is 5.75 Å². The van der Waals surface area contributed by atoms with E-state index in [0.717, 1.165) is 0 Å². The van der Waals surface area contributed by atoms with Crippen LogP contribution in [0.15, 0.2) is 29.2 Å². The molecule has 0 heterocycles. The summed E-state index contributed by atoms with van der Waals surface area (Å²) in [6.45, 7) is 3.47. The monoisotopic (exact) mass is 301 g/mol. The molecule has 1 rings (SSSR count). The summed E-state index contributed by atoms with van der Waals surface area (Å²) in [6, 6.07) is 4.98. The van der Waals surface area contributed by atoms with Crippen LogP contribution in [-0.2, 0) is 19.6 Å². The largest absolute Gasteiger partial charge is 0.497 e. The Morgan fingerprint density at radius 3 is 2.10 bits per heavy atom. The Morgan fingerprint density at radius 2 is 1.70 bits per heavy atom. The predicted molar refractivity (Wildman–Crippen MR) is 74.0 cm³/mol. The average molecular weight is 301 g/mol. The predicted octanol–water partition coefficient (Wildman–Crippen LogP) is 1.17. The third kappa shape index (κ3) is 3.94. The van der Waals surface area contributed by atoms with Crippen LogP contribution in [0.1, 0.15) is 13.8 Å². The quantitative estimate of drug-likeness (QED) is 0.798. The molecule has 0 aliphatic heterocycles. The third-order valence-electron chi connectivity index (χ3n) is 2.77. The zero-order valence-electron chi connectivity index (χ0n) is 11.9. The van der Waals surface area contributed by atoms with Crippen molar-refractivity contribution in [1.82, 2.24) is 4.72 Å². The van der Waals surface area contributed by atoms with Gasteiger partial charge in [0.05, 0.1) is 19.1 Å². The molecule has 0 aromatic heterocycles. The highest BCUT2D eigenvalue weighted by molar-refractivity contribution is 7.89. The van der Waals surface area contributed by atoms with E-state index in [9.17, 15) is 13.2 Å². The van der Waals surface area contributed by atoms with Crippen LogP contribution >= 0.6 is 0 Å². The van der Waals surface area contributed by atoms with Gasteiger partial charge in [0, 0.05) is 0 Å². The average Bonchev–Trinajstić information content (AvgIpc) is 2.43. The van der Waals surface area contributed by atoms with Crippen molar-refractivity contribution < 1.29 is 22.7 Å². The molecule has 0 aliphatic rings. The number of carbonyl (C=O) groups is 1. The molecule has 6 nitrogen and oxygen atoms in total. The molecule has 0 amide bonds. The van der Waals surface area contributed by atoms with Crippen LogP contribution in [0.3, 0.4) is 0 Å². The molecular formula is C13H19NO5S. The van der Waals surface area contributed by atoms with E-state index in [0.29, 0.717) is 5.75 Å². The van der Waals surface area contributed by atoms with Gasteiger partial charge in [-0.3, -0.25) is 4.79 Å². The van der Waals surface area contributed by atoms with E-state index in [1.807, 2.05) is 0 Å². The van der Waals surface area contributed by atoms with Gasteiger partial charge in [-0.1, -0.05) is 13.8 Å². The second-order valence-electron chi connectivity index (χ2n) is 4.54. The first-order valence-corrected chi connectivity index (χ1v) is 7.54. The summed E-state index contributed by atoms with van der Waals surface area (Å²) in [5, 5.41) is 0. The Kier molecular flexibility index (Phi) is 5.52. The minimum atomic E-state index is -3.79. The Labute approximate surface area is 119 Å². The number of hydrogen-bond acceptors (Lipinski definition) is 5. The van der Waals surface area contributed by atoms with Crippen molar-refractivity contribution in [2.24, 2.45) is 5.92 Å². The number of methoxy groups -OCH3 is 2. The third-order valence-corrected chi connectivity index (χ3v) is 4.23. The fourth-order valence-electron chi connectivity index (χ4n) is 1.57. The molecule has 0 saturated carbocycles. The van der Waals surface area contributed by atoms with E-state index in [1.165, 1.54) is 38.5 Å². The van der Waals surface area contributed by atoms with Gasteiger partial charge in [-0.25, -0.2) is 8.42 Å². The molecule has 0 spiro atoms. The van der Waals surface area contributed by atoms with Crippen molar-refractivity contribution in [3.05, 3.63) is 24.3 Å². The van der Waals surface area contributed by atoms with Gasteiger partial charge in [-0.05, 0) is 30.2 Å². The summed E-state index contributed by atoms with van der Waals surface area (Å²) in [5.74, 6) is -0.287. The smallest absolute Gasteiger partial charge is 0.324 e. The topological polar surface area (TPSA) is 81.7 Å². The molecule has 1 N–H and O–H groups in total. The molecule has 0 aliphatic carbocycles. The Balaban J connectivity index is 3.00. The zero-order chi connectivity index (χ0) is 15.3. The van der Waals surface area contributed by atoms with Crippen molar-refractivity contribution in [2.75, 3.05) is 14.2 Å². The van der Waals surface area contributed by atoms with Crippen LogP contribution in [0.4, 0.5) is 0 Å². The molecular weight excluding hydrogens is 282 g/mol. The lowest BCUT2D eigenvalue weighted by Crippen LogP contribution is -2.44. The summed E-state index contributed by atoms with van der Waals surface area (Å²) < 4.78 is 36.3. The molecule has 7 heteroatoms. The standard InChI is InChI=1S/C13H19NO5S/c1-9(2)12(13(15)19-4)14-20(16,17)11-7-5-10(18-3)6-8-11/h5-9,12,14H,1-4H3/t12-/m0/s1. The highest BCUT2D eigenvalue weighted by atomic mass is 32.2. The molecule has 0 unspecified atom stereocenters. The Hall–Kier alpha value is -1.60. The van der Waals surface area contributed by atoms with Crippen molar-refractivity contribution in [3.63, 3.8) is 0 Å². The summed E-state index contributed by atoms with van der Waals surface area (Å²) in [6.07, 6.45) is 0. The Bertz CT molecular complexity index is 551. The number of esters is 1. The summed E-state index contributed by atoms with van der Waals surface area (Å²) in [4.78, 5) is 11.7. The summed E-state index contributed by atoms with van der Waals surface area (Å²) in [7, 11) is -1.08. The minimum absolute atomic E-state index is 0.0628. The van der Waals surface area contributed by atoms with Gasteiger partial charge >= 0.3 is 5.97 Å². The van der Waals surface area contributed by atoms with E-state index >= 15 is 0 Å². The first-order valence-electron chi connectivity index (χ1n) is 6.06. The molecule has 1 atom stereocenters. The van der Waals surface area contributed by atoms with Crippen LogP contribution < -0.4 is 9.46 Å². The van der Waals surface area contributed by atoms with E-state index in [1.54, 1.807) is 13.8 Å². The molecule has 20 heavy (non-hydrogen) atoms. The maximum Gasteiger partial charge on any atom is 0.324 e. The van der Waals surface area contributed by atoms with E-state index in [4.69, 9.17) is 4.74 Å². The van der Waals surface area contributed by atoms with Crippen molar-refractivity contribution >= 4 is 16.0 Å². The number of ether oxygens (including phenoxy) is 2. The molecule has 0 bridgehead atoms. The molecule has 0 radical (unpaired) electrons. The summed E-state index contributed by atoms with van der Waals surface area (Å²) >= 11 is 0. The fourth-order valence-corrected chi connectivity index (χ4v) is 2.91. The lowest BCUT2D eigenvalue weighted by Gasteiger charge is -2.19. The maximum atomic E-state index is 12.2. The number of rotatable bonds is 6. The highest BCUT2D eigenvalue weighted by Gasteiger charge is 2.28. The lowest BCUT2D eigenvalue weighted by atomic mass is 10.1.